The number of thiol groups is 1. The Balaban J connectivity index is 2.12. The van der Waals surface area contributed by atoms with E-state index in [-0.39, 0.29) is 0 Å². The van der Waals surface area contributed by atoms with Crippen LogP contribution in [0.25, 0.3) is 0 Å². The summed E-state index contributed by atoms with van der Waals surface area (Å²) in [6.07, 6.45) is 17.2. The largest absolute Gasteiger partial charge is 0.176 e. The molecule has 1 rings (SSSR count). The number of hydrogen-bond acceptors (Lipinski definition) is 1. The van der Waals surface area contributed by atoms with E-state index in [1.807, 2.05) is 0 Å². The van der Waals surface area contributed by atoms with Gasteiger partial charge < -0.3 is 0 Å². The van der Waals surface area contributed by atoms with Gasteiger partial charge in [-0.05, 0) is 12.8 Å². The van der Waals surface area contributed by atoms with E-state index in [0.717, 1.165) is 0 Å². The first-order chi connectivity index (χ1) is 6.89. The van der Waals surface area contributed by atoms with Crippen molar-refractivity contribution in [1.29, 1.82) is 0 Å². The first-order valence-electron chi connectivity index (χ1n) is 6.57. The normalized spacial score (nSPS) is 24.6. The lowest BCUT2D eigenvalue weighted by Crippen LogP contribution is -1.98. The van der Waals surface area contributed by atoms with Crippen LogP contribution in [0.15, 0.2) is 0 Å². The molecule has 0 amide bonds. The van der Waals surface area contributed by atoms with Gasteiger partial charge in [-0.1, -0.05) is 64.2 Å². The summed E-state index contributed by atoms with van der Waals surface area (Å²) in [6.45, 7) is 0. The van der Waals surface area contributed by atoms with Crippen LogP contribution in [0.2, 0.25) is 0 Å². The molecule has 84 valence electrons. The number of rotatable bonds is 0. The maximum absolute atomic E-state index is 4.65. The zero-order valence-corrected chi connectivity index (χ0v) is 10.4. The molecule has 14 heavy (non-hydrogen) atoms. The topological polar surface area (TPSA) is 0 Å². The minimum absolute atomic E-state index is 0.691. The molecular formula is C13H26S. The maximum Gasteiger partial charge on any atom is 0.00168 e. The molecule has 0 aromatic heterocycles. The maximum atomic E-state index is 4.65. The lowest BCUT2D eigenvalue weighted by Gasteiger charge is -2.09. The quantitative estimate of drug-likeness (QED) is 0.540. The van der Waals surface area contributed by atoms with Gasteiger partial charge in [-0.25, -0.2) is 0 Å². The lowest BCUT2D eigenvalue weighted by atomic mass is 10.1. The molecule has 0 spiro atoms. The van der Waals surface area contributed by atoms with Gasteiger partial charge in [0, 0.05) is 5.25 Å². The Morgan fingerprint density at radius 3 is 1.14 bits per heavy atom. The molecule has 1 heteroatoms. The summed E-state index contributed by atoms with van der Waals surface area (Å²) in [5, 5.41) is 0.691. The molecule has 0 saturated heterocycles. The van der Waals surface area contributed by atoms with Crippen molar-refractivity contribution >= 4 is 12.6 Å². The van der Waals surface area contributed by atoms with Gasteiger partial charge in [0.25, 0.3) is 0 Å². The summed E-state index contributed by atoms with van der Waals surface area (Å²) in [6, 6.07) is 0. The van der Waals surface area contributed by atoms with Crippen molar-refractivity contribution in [2.75, 3.05) is 0 Å². The summed E-state index contributed by atoms with van der Waals surface area (Å²) in [4.78, 5) is 0. The molecular weight excluding hydrogens is 188 g/mol. The Morgan fingerprint density at radius 2 is 0.786 bits per heavy atom. The van der Waals surface area contributed by atoms with E-state index in [4.69, 9.17) is 0 Å². The van der Waals surface area contributed by atoms with E-state index < -0.39 is 0 Å². The van der Waals surface area contributed by atoms with Gasteiger partial charge >= 0.3 is 0 Å². The van der Waals surface area contributed by atoms with Gasteiger partial charge in [0.2, 0.25) is 0 Å². The minimum atomic E-state index is 0.691. The van der Waals surface area contributed by atoms with Gasteiger partial charge in [0.1, 0.15) is 0 Å². The highest BCUT2D eigenvalue weighted by Gasteiger charge is 2.03. The van der Waals surface area contributed by atoms with Crippen LogP contribution >= 0.6 is 12.6 Å². The van der Waals surface area contributed by atoms with Crippen molar-refractivity contribution < 1.29 is 0 Å². The van der Waals surface area contributed by atoms with Crippen LogP contribution in [0.4, 0.5) is 0 Å². The molecule has 0 nitrogen and oxygen atoms in total. The van der Waals surface area contributed by atoms with Crippen molar-refractivity contribution in [2.45, 2.75) is 82.3 Å². The SMILES string of the molecule is SC1CCCCCCCCCCCC1. The molecule has 0 aliphatic heterocycles. The van der Waals surface area contributed by atoms with E-state index >= 15 is 0 Å². The molecule has 1 fully saturated rings. The van der Waals surface area contributed by atoms with Gasteiger partial charge in [-0.15, -0.1) is 0 Å². The van der Waals surface area contributed by atoms with E-state index in [1.54, 1.807) is 0 Å². The average molecular weight is 214 g/mol. The fourth-order valence-corrected chi connectivity index (χ4v) is 2.68. The molecule has 0 aromatic rings. The molecule has 0 unspecified atom stereocenters. The third-order valence-corrected chi connectivity index (χ3v) is 3.84. The predicted molar refractivity (Wildman–Crippen MR) is 68.2 cm³/mol. The van der Waals surface area contributed by atoms with Gasteiger partial charge in [-0.3, -0.25) is 0 Å². The first-order valence-corrected chi connectivity index (χ1v) is 7.09. The number of hydrogen-bond donors (Lipinski definition) is 1. The highest BCUT2D eigenvalue weighted by molar-refractivity contribution is 7.80. The second-order valence-electron chi connectivity index (χ2n) is 4.77. The highest BCUT2D eigenvalue weighted by Crippen LogP contribution is 2.19. The van der Waals surface area contributed by atoms with Crippen molar-refractivity contribution in [3.8, 4) is 0 Å². The lowest BCUT2D eigenvalue weighted by molar-refractivity contribution is 0.562. The van der Waals surface area contributed by atoms with E-state index in [2.05, 4.69) is 12.6 Å². The van der Waals surface area contributed by atoms with Crippen LogP contribution in [0.3, 0.4) is 0 Å². The molecule has 0 atom stereocenters. The van der Waals surface area contributed by atoms with Crippen molar-refractivity contribution in [3.63, 3.8) is 0 Å². The van der Waals surface area contributed by atoms with Crippen LogP contribution in [0, 0.1) is 0 Å². The smallest absolute Gasteiger partial charge is 0.00168 e. The Bertz CT molecular complexity index is 108. The van der Waals surface area contributed by atoms with E-state index in [9.17, 15) is 0 Å². The molecule has 0 N–H and O–H groups in total. The molecule has 0 bridgehead atoms. The van der Waals surface area contributed by atoms with Crippen LogP contribution < -0.4 is 0 Å². The Labute approximate surface area is 95.3 Å². The Morgan fingerprint density at radius 1 is 0.500 bits per heavy atom. The van der Waals surface area contributed by atoms with Crippen LogP contribution in [-0.4, -0.2) is 5.25 Å². The fraction of sp³-hybridized carbons (Fsp3) is 1.00. The van der Waals surface area contributed by atoms with Crippen molar-refractivity contribution in [1.82, 2.24) is 0 Å². The Hall–Kier alpha value is 0.350. The highest BCUT2D eigenvalue weighted by atomic mass is 32.1. The standard InChI is InChI=1S/C13H26S/c14-13-11-9-7-5-3-1-2-4-6-8-10-12-13/h13-14H,1-12H2. The first kappa shape index (κ1) is 12.4. The van der Waals surface area contributed by atoms with E-state index in [1.165, 1.54) is 77.0 Å². The summed E-state index contributed by atoms with van der Waals surface area (Å²) >= 11 is 4.65. The molecule has 0 aromatic carbocycles. The molecule has 0 radical (unpaired) electrons. The second kappa shape index (κ2) is 8.64. The zero-order valence-electron chi connectivity index (χ0n) is 9.51. The molecule has 1 saturated carbocycles. The van der Waals surface area contributed by atoms with Crippen LogP contribution in [-0.2, 0) is 0 Å². The van der Waals surface area contributed by atoms with Crippen LogP contribution in [0.5, 0.6) is 0 Å². The van der Waals surface area contributed by atoms with Gasteiger partial charge in [0.05, 0.1) is 0 Å². The monoisotopic (exact) mass is 214 g/mol. The predicted octanol–water partition coefficient (Wildman–Crippen LogP) is 4.98. The zero-order chi connectivity index (χ0) is 10.1. The fourth-order valence-electron chi connectivity index (χ4n) is 2.32. The van der Waals surface area contributed by atoms with Crippen molar-refractivity contribution in [3.05, 3.63) is 0 Å². The summed E-state index contributed by atoms with van der Waals surface area (Å²) < 4.78 is 0. The third-order valence-electron chi connectivity index (χ3n) is 3.32. The third kappa shape index (κ3) is 6.75. The molecule has 0 heterocycles. The van der Waals surface area contributed by atoms with Crippen molar-refractivity contribution in [2.24, 2.45) is 0 Å². The van der Waals surface area contributed by atoms with E-state index in [0.29, 0.717) is 5.25 Å². The molecule has 1 aliphatic rings. The van der Waals surface area contributed by atoms with Gasteiger partial charge in [-0.2, -0.15) is 12.6 Å². The molecule has 1 aliphatic carbocycles. The van der Waals surface area contributed by atoms with Gasteiger partial charge in [0.15, 0.2) is 0 Å². The summed E-state index contributed by atoms with van der Waals surface area (Å²) in [5.74, 6) is 0. The summed E-state index contributed by atoms with van der Waals surface area (Å²) in [5.41, 5.74) is 0. The minimum Gasteiger partial charge on any atom is -0.176 e. The van der Waals surface area contributed by atoms with Crippen LogP contribution in [0.1, 0.15) is 77.0 Å². The second-order valence-corrected chi connectivity index (χ2v) is 5.50. The average Bonchev–Trinajstić information content (AvgIpc) is 2.20. The Kier molecular flexibility index (Phi) is 7.67. The summed E-state index contributed by atoms with van der Waals surface area (Å²) in [7, 11) is 0.